The second-order valence-corrected chi connectivity index (χ2v) is 6.66. The summed E-state index contributed by atoms with van der Waals surface area (Å²) in [6, 6.07) is 13.1. The molecule has 2 atom stereocenters. The fraction of sp³-hybridized carbons (Fsp3) is 0.500. The average Bonchev–Trinajstić information content (AvgIpc) is 3.27. The third kappa shape index (κ3) is 5.22. The molecule has 0 spiro atoms. The first-order valence-corrected chi connectivity index (χ1v) is 9.22. The first-order valence-electron chi connectivity index (χ1n) is 9.22. The molecular weight excluding hydrogens is 439 g/mol. The Morgan fingerprint density at radius 3 is 2.65 bits per heavy atom. The number of nitrogens with zero attached hydrogens (tertiary/aromatic N) is 2. The molecule has 2 N–H and O–H groups in total. The van der Waals surface area contributed by atoms with Gasteiger partial charge in [-0.2, -0.15) is 0 Å². The van der Waals surface area contributed by atoms with Crippen LogP contribution in [-0.2, 0) is 6.54 Å². The normalized spacial score (nSPS) is 19.2. The second kappa shape index (κ2) is 9.94. The molecule has 5 nitrogen and oxygen atoms in total. The number of hydrogen-bond donors (Lipinski definition) is 2. The summed E-state index contributed by atoms with van der Waals surface area (Å²) < 4.78 is 5.46. The van der Waals surface area contributed by atoms with Gasteiger partial charge in [0.05, 0.1) is 12.2 Å². The number of aliphatic imine (C=N–C) groups is 1. The van der Waals surface area contributed by atoms with Gasteiger partial charge < -0.3 is 15.2 Å². The number of hydrogen-bond acceptors (Lipinski definition) is 3. The molecule has 1 aliphatic carbocycles. The molecule has 3 rings (SSSR count). The Hall–Kier alpha value is -1.57. The molecule has 6 heteroatoms. The molecule has 142 valence electrons. The Morgan fingerprint density at radius 1 is 1.27 bits per heavy atom. The highest BCUT2D eigenvalue weighted by Gasteiger charge is 2.38. The molecular formula is C20H29IN4O. The highest BCUT2D eigenvalue weighted by Crippen LogP contribution is 2.40. The second-order valence-electron chi connectivity index (χ2n) is 6.66. The predicted molar refractivity (Wildman–Crippen MR) is 116 cm³/mol. The summed E-state index contributed by atoms with van der Waals surface area (Å²) in [5.41, 5.74) is 2.44. The lowest BCUT2D eigenvalue weighted by atomic mass is 9.99. The van der Waals surface area contributed by atoms with Crippen LogP contribution < -0.4 is 10.6 Å². The topological polar surface area (TPSA) is 62.5 Å². The Balaban J connectivity index is 0.00000243. The third-order valence-corrected chi connectivity index (χ3v) is 4.98. The number of halogens is 1. The SMILES string of the molecule is CCC(CC)c1cc(CNC(=NC)NC2CC2c2ccccc2)on1.I. The van der Waals surface area contributed by atoms with Gasteiger partial charge in [0.15, 0.2) is 11.7 Å². The fourth-order valence-electron chi connectivity index (χ4n) is 3.28. The number of aromatic nitrogens is 1. The van der Waals surface area contributed by atoms with Gasteiger partial charge in [0.25, 0.3) is 0 Å². The minimum Gasteiger partial charge on any atom is -0.359 e. The Bertz CT molecular complexity index is 697. The molecule has 0 radical (unpaired) electrons. The molecule has 2 aromatic rings. The summed E-state index contributed by atoms with van der Waals surface area (Å²) in [5, 5.41) is 11.0. The van der Waals surface area contributed by atoms with E-state index in [4.69, 9.17) is 4.52 Å². The summed E-state index contributed by atoms with van der Waals surface area (Å²) in [7, 11) is 1.80. The highest BCUT2D eigenvalue weighted by atomic mass is 127. The summed E-state index contributed by atoms with van der Waals surface area (Å²) in [5.74, 6) is 2.71. The van der Waals surface area contributed by atoms with Crippen LogP contribution in [0.2, 0.25) is 0 Å². The van der Waals surface area contributed by atoms with Gasteiger partial charge in [0.2, 0.25) is 0 Å². The van der Waals surface area contributed by atoms with Gasteiger partial charge in [-0.25, -0.2) is 0 Å². The van der Waals surface area contributed by atoms with E-state index in [2.05, 4.69) is 71.0 Å². The third-order valence-electron chi connectivity index (χ3n) is 4.98. The van der Waals surface area contributed by atoms with Gasteiger partial charge in [-0.15, -0.1) is 24.0 Å². The van der Waals surface area contributed by atoms with Crippen LogP contribution in [0.4, 0.5) is 0 Å². The van der Waals surface area contributed by atoms with Crippen molar-refractivity contribution in [3.63, 3.8) is 0 Å². The van der Waals surface area contributed by atoms with Crippen LogP contribution >= 0.6 is 24.0 Å². The van der Waals surface area contributed by atoms with E-state index in [-0.39, 0.29) is 24.0 Å². The lowest BCUT2D eigenvalue weighted by molar-refractivity contribution is 0.368. The minimum atomic E-state index is 0. The summed E-state index contributed by atoms with van der Waals surface area (Å²) in [6.07, 6.45) is 3.31. The Kier molecular flexibility index (Phi) is 7.93. The van der Waals surface area contributed by atoms with Crippen molar-refractivity contribution in [3.8, 4) is 0 Å². The quantitative estimate of drug-likeness (QED) is 0.359. The first-order chi connectivity index (χ1) is 12.2. The van der Waals surface area contributed by atoms with E-state index in [9.17, 15) is 0 Å². The van der Waals surface area contributed by atoms with Crippen molar-refractivity contribution in [3.05, 3.63) is 53.4 Å². The van der Waals surface area contributed by atoms with Crippen LogP contribution in [-0.4, -0.2) is 24.2 Å². The van der Waals surface area contributed by atoms with E-state index < -0.39 is 0 Å². The average molecular weight is 468 g/mol. The summed E-state index contributed by atoms with van der Waals surface area (Å²) in [6.45, 7) is 4.96. The fourth-order valence-corrected chi connectivity index (χ4v) is 3.28. The molecule has 1 fully saturated rings. The van der Waals surface area contributed by atoms with E-state index in [0.717, 1.165) is 36.7 Å². The van der Waals surface area contributed by atoms with Gasteiger partial charge in [0, 0.05) is 31.0 Å². The van der Waals surface area contributed by atoms with Gasteiger partial charge >= 0.3 is 0 Å². The summed E-state index contributed by atoms with van der Waals surface area (Å²) >= 11 is 0. The van der Waals surface area contributed by atoms with E-state index >= 15 is 0 Å². The Morgan fingerprint density at radius 2 is 2.00 bits per heavy atom. The van der Waals surface area contributed by atoms with Crippen molar-refractivity contribution in [1.29, 1.82) is 0 Å². The predicted octanol–water partition coefficient (Wildman–Crippen LogP) is 4.42. The maximum Gasteiger partial charge on any atom is 0.191 e. The molecule has 1 aromatic carbocycles. The first kappa shape index (κ1) is 20.7. The van der Waals surface area contributed by atoms with E-state index in [0.29, 0.717) is 24.4 Å². The maximum atomic E-state index is 5.46. The van der Waals surface area contributed by atoms with Crippen LogP contribution in [0.5, 0.6) is 0 Å². The van der Waals surface area contributed by atoms with Crippen molar-refractivity contribution < 1.29 is 4.52 Å². The zero-order valence-electron chi connectivity index (χ0n) is 15.7. The molecule has 0 saturated heterocycles. The van der Waals surface area contributed by atoms with Crippen molar-refractivity contribution in [2.24, 2.45) is 4.99 Å². The van der Waals surface area contributed by atoms with Gasteiger partial charge in [0.1, 0.15) is 0 Å². The molecule has 0 aliphatic heterocycles. The van der Waals surface area contributed by atoms with Gasteiger partial charge in [-0.05, 0) is 24.8 Å². The minimum absolute atomic E-state index is 0. The van der Waals surface area contributed by atoms with Crippen LogP contribution in [0.25, 0.3) is 0 Å². The number of nitrogens with one attached hydrogen (secondary N) is 2. The van der Waals surface area contributed by atoms with Crippen molar-refractivity contribution in [1.82, 2.24) is 15.8 Å². The van der Waals surface area contributed by atoms with Crippen molar-refractivity contribution in [2.45, 2.75) is 57.5 Å². The number of benzene rings is 1. The number of rotatable bonds is 7. The molecule has 1 aliphatic rings. The van der Waals surface area contributed by atoms with E-state index in [1.54, 1.807) is 7.05 Å². The van der Waals surface area contributed by atoms with Crippen LogP contribution in [0, 0.1) is 0 Å². The maximum absolute atomic E-state index is 5.46. The molecule has 2 unspecified atom stereocenters. The molecule has 1 saturated carbocycles. The lowest BCUT2D eigenvalue weighted by Gasteiger charge is -2.10. The molecule has 26 heavy (non-hydrogen) atoms. The van der Waals surface area contributed by atoms with Crippen LogP contribution in [0.1, 0.15) is 62.0 Å². The lowest BCUT2D eigenvalue weighted by Crippen LogP contribution is -2.38. The largest absolute Gasteiger partial charge is 0.359 e. The van der Waals surface area contributed by atoms with Crippen LogP contribution in [0.15, 0.2) is 45.9 Å². The molecule has 1 heterocycles. The van der Waals surface area contributed by atoms with Gasteiger partial charge in [-0.3, -0.25) is 4.99 Å². The zero-order valence-corrected chi connectivity index (χ0v) is 18.1. The van der Waals surface area contributed by atoms with Crippen molar-refractivity contribution >= 4 is 29.9 Å². The number of guanidine groups is 1. The van der Waals surface area contributed by atoms with Gasteiger partial charge in [-0.1, -0.05) is 49.3 Å². The van der Waals surface area contributed by atoms with Crippen LogP contribution in [0.3, 0.4) is 0 Å². The Labute approximate surface area is 173 Å². The summed E-state index contributed by atoms with van der Waals surface area (Å²) in [4.78, 5) is 4.32. The molecule has 0 bridgehead atoms. The molecule has 1 aromatic heterocycles. The highest BCUT2D eigenvalue weighted by molar-refractivity contribution is 14.0. The smallest absolute Gasteiger partial charge is 0.191 e. The van der Waals surface area contributed by atoms with Crippen molar-refractivity contribution in [2.75, 3.05) is 7.05 Å². The zero-order chi connectivity index (χ0) is 17.6. The monoisotopic (exact) mass is 468 g/mol. The molecule has 0 amide bonds. The standard InChI is InChI=1S/C20H28N4O.HI/c1-4-14(5-2)18-11-16(25-24-18)13-22-20(21-3)23-19-12-17(19)15-9-7-6-8-10-15;/h6-11,14,17,19H,4-5,12-13H2,1-3H3,(H2,21,22,23);1H. The van der Waals surface area contributed by atoms with E-state index in [1.165, 1.54) is 5.56 Å². The van der Waals surface area contributed by atoms with E-state index in [1.807, 2.05) is 0 Å².